The summed E-state index contributed by atoms with van der Waals surface area (Å²) >= 11 is 2.97. The van der Waals surface area contributed by atoms with E-state index < -0.39 is 39.8 Å². The second-order valence-electron chi connectivity index (χ2n) is 6.03. The van der Waals surface area contributed by atoms with Gasteiger partial charge in [-0.05, 0) is 39.9 Å². The molecule has 0 fully saturated rings. The maximum absolute atomic E-state index is 14.3. The predicted octanol–water partition coefficient (Wildman–Crippen LogP) is 2.58. The highest BCUT2D eigenvalue weighted by atomic mass is 79.9. The highest BCUT2D eigenvalue weighted by molar-refractivity contribution is 9.10. The van der Waals surface area contributed by atoms with Crippen molar-refractivity contribution in [1.82, 2.24) is 4.72 Å². The number of esters is 1. The number of hydrogen-bond acceptors (Lipinski definition) is 4. The average Bonchev–Trinajstić information content (AvgIpc) is 2.48. The van der Waals surface area contributed by atoms with Crippen LogP contribution in [0.1, 0.15) is 38.2 Å². The topological polar surface area (TPSA) is 98.5 Å². The van der Waals surface area contributed by atoms with Gasteiger partial charge in [0.25, 0.3) is 10.2 Å². The van der Waals surface area contributed by atoms with Crippen LogP contribution in [-0.2, 0) is 19.7 Å². The Hall–Kier alpha value is -1.10. The summed E-state index contributed by atoms with van der Waals surface area (Å²) in [5.41, 5.74) is -0.0134. The first kappa shape index (κ1) is 21.9. The Morgan fingerprint density at radius 2 is 1.88 bits per heavy atom. The fourth-order valence-corrected chi connectivity index (χ4v) is 3.41. The molecule has 0 heterocycles. The van der Waals surface area contributed by atoms with Crippen molar-refractivity contribution in [1.29, 1.82) is 0 Å². The molecule has 1 rings (SSSR count). The molecule has 25 heavy (non-hydrogen) atoms. The minimum Gasteiger partial charge on any atom is -0.468 e. The normalized spacial score (nSPS) is 14.4. The Balaban J connectivity index is 3.42. The molecule has 0 unspecified atom stereocenters. The molecule has 0 saturated heterocycles. The van der Waals surface area contributed by atoms with Crippen molar-refractivity contribution in [2.24, 2.45) is 11.1 Å². The fourth-order valence-electron chi connectivity index (χ4n) is 2.44. The van der Waals surface area contributed by atoms with Gasteiger partial charge in [0, 0.05) is 12.0 Å². The van der Waals surface area contributed by atoms with Gasteiger partial charge in [0.2, 0.25) is 0 Å². The fraction of sp³-hybridized carbons (Fsp3) is 0.533. The molecule has 0 radical (unpaired) electrons. The van der Waals surface area contributed by atoms with Crippen LogP contribution in [0.2, 0.25) is 0 Å². The van der Waals surface area contributed by atoms with E-state index in [0.717, 1.165) is 7.11 Å². The molecule has 0 spiro atoms. The number of hydrogen-bond donors (Lipinski definition) is 2. The summed E-state index contributed by atoms with van der Waals surface area (Å²) in [5, 5.41) is 4.98. The average molecular weight is 443 g/mol. The third kappa shape index (κ3) is 6.61. The summed E-state index contributed by atoms with van der Waals surface area (Å²) in [4.78, 5) is 12.1. The molecule has 0 aliphatic heterocycles. The molecule has 142 valence electrons. The number of carbonyl (C=O) groups is 1. The number of carbonyl (C=O) groups excluding carboxylic acids is 1. The highest BCUT2D eigenvalue weighted by Crippen LogP contribution is 2.33. The Kier molecular flexibility index (Phi) is 7.91. The summed E-state index contributed by atoms with van der Waals surface area (Å²) in [5.74, 6) is -3.33. The number of rotatable bonds is 8. The van der Waals surface area contributed by atoms with Crippen molar-refractivity contribution >= 4 is 32.1 Å². The van der Waals surface area contributed by atoms with Gasteiger partial charge in [0.05, 0.1) is 11.6 Å². The van der Waals surface area contributed by atoms with Gasteiger partial charge in [-0.1, -0.05) is 20.3 Å². The maximum atomic E-state index is 14.3. The van der Waals surface area contributed by atoms with Gasteiger partial charge in [-0.15, -0.1) is 0 Å². The van der Waals surface area contributed by atoms with Crippen LogP contribution in [0.5, 0.6) is 0 Å². The Morgan fingerprint density at radius 1 is 1.28 bits per heavy atom. The van der Waals surface area contributed by atoms with Gasteiger partial charge in [0.15, 0.2) is 0 Å². The summed E-state index contributed by atoms with van der Waals surface area (Å²) in [7, 11) is -3.18. The van der Waals surface area contributed by atoms with Crippen molar-refractivity contribution < 1.29 is 26.7 Å². The number of halogens is 3. The van der Waals surface area contributed by atoms with Crippen LogP contribution in [0.25, 0.3) is 0 Å². The molecule has 0 aromatic heterocycles. The van der Waals surface area contributed by atoms with Crippen LogP contribution in [0.15, 0.2) is 16.6 Å². The second kappa shape index (κ2) is 9.02. The quantitative estimate of drug-likeness (QED) is 0.477. The van der Waals surface area contributed by atoms with Crippen LogP contribution in [0, 0.1) is 17.6 Å². The molecule has 0 amide bonds. The second-order valence-corrected chi connectivity index (χ2v) is 8.21. The van der Waals surface area contributed by atoms with Crippen molar-refractivity contribution in [2.75, 3.05) is 7.11 Å². The van der Waals surface area contributed by atoms with E-state index in [1.54, 1.807) is 0 Å². The van der Waals surface area contributed by atoms with Gasteiger partial charge >= 0.3 is 5.97 Å². The lowest BCUT2D eigenvalue weighted by Gasteiger charge is -2.27. The van der Waals surface area contributed by atoms with E-state index >= 15 is 0 Å². The van der Waals surface area contributed by atoms with Crippen molar-refractivity contribution in [3.05, 3.63) is 33.8 Å². The number of nitrogens with one attached hydrogen (secondary N) is 1. The maximum Gasteiger partial charge on any atom is 0.324 e. The molecular formula is C15H21BrF2N2O4S. The summed E-state index contributed by atoms with van der Waals surface area (Å²) in [6.07, 6.45) is 0.827. The third-order valence-electron chi connectivity index (χ3n) is 3.64. The predicted molar refractivity (Wildman–Crippen MR) is 92.9 cm³/mol. The van der Waals surface area contributed by atoms with E-state index in [2.05, 4.69) is 20.7 Å². The minimum atomic E-state index is -4.26. The zero-order valence-corrected chi connectivity index (χ0v) is 16.5. The third-order valence-corrected chi connectivity index (χ3v) is 4.83. The number of methoxy groups -OCH3 is 1. The standard InChI is InChI=1S/C15H21BrF2N2O4S/c1-8(2)4-5-9(10-6-11(16)13(18)7-12(10)17)14(15(21)24-3)20-25(19,22)23/h6-9,14,20H,4-5H2,1-3H3,(H2,19,22,23)/t9-,14+/m1/s1. The number of ether oxygens (including phenoxy) is 1. The molecule has 1 aromatic rings. The Morgan fingerprint density at radius 3 is 2.36 bits per heavy atom. The molecule has 0 bridgehead atoms. The molecule has 1 aromatic carbocycles. The minimum absolute atomic E-state index is 0.00216. The van der Waals surface area contributed by atoms with E-state index in [1.165, 1.54) is 6.07 Å². The first-order chi connectivity index (χ1) is 11.5. The first-order valence-electron chi connectivity index (χ1n) is 7.48. The van der Waals surface area contributed by atoms with Gasteiger partial charge < -0.3 is 4.74 Å². The number of benzene rings is 1. The summed E-state index contributed by atoms with van der Waals surface area (Å²) in [6, 6.07) is 0.425. The van der Waals surface area contributed by atoms with Crippen LogP contribution < -0.4 is 9.86 Å². The zero-order valence-electron chi connectivity index (χ0n) is 14.1. The molecule has 2 atom stereocenters. The van der Waals surface area contributed by atoms with Crippen LogP contribution >= 0.6 is 15.9 Å². The highest BCUT2D eigenvalue weighted by Gasteiger charge is 2.35. The molecule has 3 N–H and O–H groups in total. The molecular weight excluding hydrogens is 422 g/mol. The summed E-state index contributed by atoms with van der Waals surface area (Å²) < 4.78 is 57.4. The molecule has 0 saturated carbocycles. The van der Waals surface area contributed by atoms with Crippen molar-refractivity contribution in [2.45, 2.75) is 38.6 Å². The molecule has 0 aliphatic rings. The largest absolute Gasteiger partial charge is 0.468 e. The first-order valence-corrected chi connectivity index (χ1v) is 9.82. The lowest BCUT2D eigenvalue weighted by atomic mass is 9.85. The summed E-state index contributed by atoms with van der Waals surface area (Å²) in [6.45, 7) is 3.85. The lowest BCUT2D eigenvalue weighted by molar-refractivity contribution is -0.143. The van der Waals surface area contributed by atoms with Gasteiger partial charge in [-0.25, -0.2) is 13.9 Å². The van der Waals surface area contributed by atoms with Gasteiger partial charge in [-0.2, -0.15) is 13.1 Å². The molecule has 6 nitrogen and oxygen atoms in total. The monoisotopic (exact) mass is 442 g/mol. The van der Waals surface area contributed by atoms with Gasteiger partial charge in [0.1, 0.15) is 17.7 Å². The van der Waals surface area contributed by atoms with E-state index in [4.69, 9.17) is 5.14 Å². The molecule has 0 aliphatic carbocycles. The van der Waals surface area contributed by atoms with Crippen LogP contribution in [-0.4, -0.2) is 27.5 Å². The van der Waals surface area contributed by atoms with E-state index in [-0.39, 0.29) is 22.4 Å². The van der Waals surface area contributed by atoms with E-state index in [1.807, 2.05) is 18.6 Å². The molecule has 10 heteroatoms. The van der Waals surface area contributed by atoms with E-state index in [9.17, 15) is 22.0 Å². The van der Waals surface area contributed by atoms with E-state index in [0.29, 0.717) is 12.5 Å². The SMILES string of the molecule is COC(=O)[C@@H](NS(N)(=O)=O)[C@H](CCC(C)C)c1cc(Br)c(F)cc1F. The van der Waals surface area contributed by atoms with Crippen molar-refractivity contribution in [3.63, 3.8) is 0 Å². The zero-order chi connectivity index (χ0) is 19.4. The van der Waals surface area contributed by atoms with Crippen molar-refractivity contribution in [3.8, 4) is 0 Å². The Bertz CT molecular complexity index is 728. The lowest BCUT2D eigenvalue weighted by Crippen LogP contribution is -2.48. The van der Waals surface area contributed by atoms with Crippen LogP contribution in [0.4, 0.5) is 8.78 Å². The smallest absolute Gasteiger partial charge is 0.324 e. The number of nitrogens with two attached hydrogens (primary N) is 1. The Labute approximate surface area is 154 Å². The van der Waals surface area contributed by atoms with Gasteiger partial charge in [-0.3, -0.25) is 4.79 Å². The van der Waals surface area contributed by atoms with Crippen LogP contribution in [0.3, 0.4) is 0 Å².